The van der Waals surface area contributed by atoms with Crippen molar-refractivity contribution < 1.29 is 19.1 Å². The van der Waals surface area contributed by atoms with Gasteiger partial charge in [-0.05, 0) is 43.3 Å². The summed E-state index contributed by atoms with van der Waals surface area (Å²) in [6, 6.07) is 15.0. The van der Waals surface area contributed by atoms with Crippen molar-refractivity contribution in [2.45, 2.75) is 6.92 Å². The van der Waals surface area contributed by atoms with Gasteiger partial charge in [0.2, 0.25) is 5.91 Å². The molecule has 0 aliphatic carbocycles. The minimum atomic E-state index is -0.392. The van der Waals surface area contributed by atoms with Crippen LogP contribution in [-0.2, 0) is 9.53 Å². The average Bonchev–Trinajstić information content (AvgIpc) is 2.78. The van der Waals surface area contributed by atoms with Gasteiger partial charge in [-0.2, -0.15) is 0 Å². The molecule has 7 nitrogen and oxygen atoms in total. The van der Waals surface area contributed by atoms with Gasteiger partial charge in [0.15, 0.2) is 0 Å². The highest BCUT2D eigenvalue weighted by molar-refractivity contribution is 5.96. The summed E-state index contributed by atoms with van der Waals surface area (Å²) in [5.41, 5.74) is 2.17. The predicted octanol–water partition coefficient (Wildman–Crippen LogP) is 2.63. The first-order chi connectivity index (χ1) is 14.1. The van der Waals surface area contributed by atoms with Crippen molar-refractivity contribution in [1.82, 2.24) is 4.90 Å². The molecular formula is C22H27N3O4. The number of rotatable bonds is 7. The van der Waals surface area contributed by atoms with E-state index in [1.807, 2.05) is 35.2 Å². The monoisotopic (exact) mass is 397 g/mol. The number of hydrogen-bond donors (Lipinski definition) is 1. The number of nitrogens with one attached hydrogen (secondary N) is 1. The number of para-hydroxylation sites is 1. The maximum absolute atomic E-state index is 12.6. The molecule has 1 amide bonds. The molecule has 1 aliphatic heterocycles. The van der Waals surface area contributed by atoms with Crippen molar-refractivity contribution >= 4 is 23.3 Å². The number of ether oxygens (including phenoxy) is 2. The third kappa shape index (κ3) is 5.19. The molecule has 0 saturated carbocycles. The number of esters is 1. The quantitative estimate of drug-likeness (QED) is 0.725. The van der Waals surface area contributed by atoms with E-state index in [2.05, 4.69) is 10.2 Å². The van der Waals surface area contributed by atoms with Crippen LogP contribution in [0.15, 0.2) is 48.5 Å². The van der Waals surface area contributed by atoms with Crippen LogP contribution in [-0.4, -0.2) is 63.2 Å². The molecule has 1 heterocycles. The van der Waals surface area contributed by atoms with Gasteiger partial charge in [0.05, 0.1) is 25.8 Å². The van der Waals surface area contributed by atoms with Crippen LogP contribution >= 0.6 is 0 Å². The normalized spacial score (nSPS) is 13.7. The largest absolute Gasteiger partial charge is 0.497 e. The van der Waals surface area contributed by atoms with E-state index in [-0.39, 0.29) is 12.5 Å². The fourth-order valence-electron chi connectivity index (χ4n) is 3.31. The number of piperazine rings is 1. The zero-order valence-electron chi connectivity index (χ0n) is 16.9. The molecule has 0 bridgehead atoms. The van der Waals surface area contributed by atoms with Crippen molar-refractivity contribution in [3.05, 3.63) is 54.1 Å². The van der Waals surface area contributed by atoms with Crippen molar-refractivity contribution in [2.24, 2.45) is 0 Å². The molecule has 0 unspecified atom stereocenters. The Balaban J connectivity index is 1.52. The van der Waals surface area contributed by atoms with E-state index in [0.717, 1.165) is 24.5 Å². The van der Waals surface area contributed by atoms with Gasteiger partial charge in [-0.15, -0.1) is 0 Å². The van der Waals surface area contributed by atoms with Gasteiger partial charge in [0, 0.05) is 37.6 Å². The van der Waals surface area contributed by atoms with Gasteiger partial charge in [-0.25, -0.2) is 4.79 Å². The number of carbonyl (C=O) groups is 2. The molecule has 1 saturated heterocycles. The fourth-order valence-corrected chi connectivity index (χ4v) is 3.31. The summed E-state index contributed by atoms with van der Waals surface area (Å²) < 4.78 is 10.3. The van der Waals surface area contributed by atoms with Crippen molar-refractivity contribution in [2.75, 3.05) is 56.7 Å². The molecule has 0 atom stereocenters. The standard InChI is InChI=1S/C22H27N3O4/c1-3-29-22(27)19-6-4-5-7-20(19)23-16-21(26)25-14-12-24(13-15-25)17-8-10-18(28-2)11-9-17/h4-11,23H,3,12-16H2,1-2H3. The van der Waals surface area contributed by atoms with E-state index in [9.17, 15) is 9.59 Å². The fraction of sp³-hybridized carbons (Fsp3) is 0.364. The minimum Gasteiger partial charge on any atom is -0.497 e. The number of benzene rings is 2. The Labute approximate surface area is 171 Å². The number of nitrogens with zero attached hydrogens (tertiary/aromatic N) is 2. The summed E-state index contributed by atoms with van der Waals surface area (Å²) in [4.78, 5) is 28.8. The smallest absolute Gasteiger partial charge is 0.340 e. The first-order valence-corrected chi connectivity index (χ1v) is 9.79. The van der Waals surface area contributed by atoms with Crippen molar-refractivity contribution in [1.29, 1.82) is 0 Å². The molecule has 29 heavy (non-hydrogen) atoms. The zero-order chi connectivity index (χ0) is 20.6. The van der Waals surface area contributed by atoms with E-state index >= 15 is 0 Å². The zero-order valence-corrected chi connectivity index (χ0v) is 16.9. The predicted molar refractivity (Wildman–Crippen MR) is 113 cm³/mol. The summed E-state index contributed by atoms with van der Waals surface area (Å²) in [6.07, 6.45) is 0. The van der Waals surface area contributed by atoms with Gasteiger partial charge in [-0.3, -0.25) is 4.79 Å². The second-order valence-electron chi connectivity index (χ2n) is 6.69. The average molecular weight is 397 g/mol. The summed E-state index contributed by atoms with van der Waals surface area (Å²) in [7, 11) is 1.65. The third-order valence-corrected chi connectivity index (χ3v) is 4.92. The highest BCUT2D eigenvalue weighted by atomic mass is 16.5. The van der Waals surface area contributed by atoms with Crippen LogP contribution in [0.2, 0.25) is 0 Å². The molecule has 0 spiro atoms. The molecule has 1 fully saturated rings. The van der Waals surface area contributed by atoms with Crippen LogP contribution < -0.4 is 15.0 Å². The number of amides is 1. The van der Waals surface area contributed by atoms with Crippen LogP contribution in [0.3, 0.4) is 0 Å². The van der Waals surface area contributed by atoms with Crippen LogP contribution in [0.1, 0.15) is 17.3 Å². The van der Waals surface area contributed by atoms with E-state index < -0.39 is 5.97 Å². The third-order valence-electron chi connectivity index (χ3n) is 4.92. The lowest BCUT2D eigenvalue weighted by Crippen LogP contribution is -2.50. The van der Waals surface area contributed by atoms with Crippen LogP contribution in [0.25, 0.3) is 0 Å². The van der Waals surface area contributed by atoms with Crippen molar-refractivity contribution in [3.8, 4) is 5.75 Å². The summed E-state index contributed by atoms with van der Waals surface area (Å²) in [5.74, 6) is 0.450. The molecule has 0 radical (unpaired) electrons. The summed E-state index contributed by atoms with van der Waals surface area (Å²) in [6.45, 7) is 5.08. The van der Waals surface area contributed by atoms with Gasteiger partial charge in [0.1, 0.15) is 5.75 Å². The lowest BCUT2D eigenvalue weighted by Gasteiger charge is -2.36. The van der Waals surface area contributed by atoms with E-state index in [0.29, 0.717) is 30.9 Å². The number of anilines is 2. The maximum Gasteiger partial charge on any atom is 0.340 e. The first kappa shape index (κ1) is 20.5. The number of methoxy groups -OCH3 is 1. The van der Waals surface area contributed by atoms with Gasteiger partial charge in [0.25, 0.3) is 0 Å². The summed E-state index contributed by atoms with van der Waals surface area (Å²) in [5, 5.41) is 3.09. The Morgan fingerprint density at radius 2 is 1.69 bits per heavy atom. The molecule has 1 aliphatic rings. The highest BCUT2D eigenvalue weighted by Gasteiger charge is 2.21. The Kier molecular flexibility index (Phi) is 6.94. The Hall–Kier alpha value is -3.22. The summed E-state index contributed by atoms with van der Waals surface area (Å²) >= 11 is 0. The first-order valence-electron chi connectivity index (χ1n) is 9.79. The van der Waals surface area contributed by atoms with Crippen LogP contribution in [0.4, 0.5) is 11.4 Å². The molecular weight excluding hydrogens is 370 g/mol. The molecule has 1 N–H and O–H groups in total. The van der Waals surface area contributed by atoms with Gasteiger partial charge in [-0.1, -0.05) is 12.1 Å². The highest BCUT2D eigenvalue weighted by Crippen LogP contribution is 2.21. The molecule has 2 aromatic rings. The van der Waals surface area contributed by atoms with Gasteiger partial charge >= 0.3 is 5.97 Å². The topological polar surface area (TPSA) is 71.1 Å². The minimum absolute atomic E-state index is 0.0121. The second-order valence-corrected chi connectivity index (χ2v) is 6.69. The van der Waals surface area contributed by atoms with Gasteiger partial charge < -0.3 is 24.6 Å². The maximum atomic E-state index is 12.6. The molecule has 0 aromatic heterocycles. The number of hydrogen-bond acceptors (Lipinski definition) is 6. The molecule has 7 heteroatoms. The van der Waals surface area contributed by atoms with E-state index in [4.69, 9.17) is 9.47 Å². The van der Waals surface area contributed by atoms with E-state index in [1.54, 1.807) is 32.2 Å². The Morgan fingerprint density at radius 1 is 1.00 bits per heavy atom. The van der Waals surface area contributed by atoms with Crippen LogP contribution in [0.5, 0.6) is 5.75 Å². The SMILES string of the molecule is CCOC(=O)c1ccccc1NCC(=O)N1CCN(c2ccc(OC)cc2)CC1. The second kappa shape index (κ2) is 9.82. The lowest BCUT2D eigenvalue weighted by atomic mass is 10.2. The Bertz CT molecular complexity index is 830. The van der Waals surface area contributed by atoms with Crippen molar-refractivity contribution in [3.63, 3.8) is 0 Å². The Morgan fingerprint density at radius 3 is 2.34 bits per heavy atom. The molecule has 2 aromatic carbocycles. The molecule has 3 rings (SSSR count). The number of carbonyl (C=O) groups excluding carboxylic acids is 2. The van der Waals surface area contributed by atoms with Crippen LogP contribution in [0, 0.1) is 0 Å². The molecule has 154 valence electrons. The van der Waals surface area contributed by atoms with E-state index in [1.165, 1.54) is 0 Å². The lowest BCUT2D eigenvalue weighted by molar-refractivity contribution is -0.129.